The van der Waals surface area contributed by atoms with E-state index in [9.17, 15) is 13.6 Å². The number of carbonyl (C=O) groups is 1. The zero-order valence-electron chi connectivity index (χ0n) is 14.4. The molecule has 1 aliphatic heterocycles. The summed E-state index contributed by atoms with van der Waals surface area (Å²) in [5.74, 6) is 0.108. The molecule has 1 aliphatic rings. The number of hydrogen-bond acceptors (Lipinski definition) is 4. The highest BCUT2D eigenvalue weighted by atomic mass is 79.9. The SMILES string of the molecule is CC(C)(C)OC(=O)N1CCOC(Cc2cc(Br)ccc2OC(F)F)C1. The first-order chi connectivity index (χ1) is 11.6. The lowest BCUT2D eigenvalue weighted by atomic mass is 10.1. The molecule has 140 valence electrons. The largest absolute Gasteiger partial charge is 0.444 e. The van der Waals surface area contributed by atoms with E-state index in [0.717, 1.165) is 4.47 Å². The Balaban J connectivity index is 2.05. The van der Waals surface area contributed by atoms with Crippen LogP contribution in [0.1, 0.15) is 26.3 Å². The molecule has 5 nitrogen and oxygen atoms in total. The maximum atomic E-state index is 12.6. The normalized spacial score (nSPS) is 18.4. The number of carbonyl (C=O) groups excluding carboxylic acids is 1. The number of alkyl halides is 2. The monoisotopic (exact) mass is 421 g/mol. The quantitative estimate of drug-likeness (QED) is 0.729. The molecule has 0 aliphatic carbocycles. The summed E-state index contributed by atoms with van der Waals surface area (Å²) in [4.78, 5) is 13.8. The van der Waals surface area contributed by atoms with Gasteiger partial charge >= 0.3 is 12.7 Å². The second-order valence-electron chi connectivity index (χ2n) is 6.75. The number of halogens is 3. The first-order valence-electron chi connectivity index (χ1n) is 7.97. The van der Waals surface area contributed by atoms with Crippen molar-refractivity contribution in [2.75, 3.05) is 19.7 Å². The Hall–Kier alpha value is -1.41. The van der Waals surface area contributed by atoms with Gasteiger partial charge in [-0.3, -0.25) is 0 Å². The molecule has 0 radical (unpaired) electrons. The van der Waals surface area contributed by atoms with Crippen molar-refractivity contribution in [3.63, 3.8) is 0 Å². The molecule has 25 heavy (non-hydrogen) atoms. The molecule has 1 aromatic rings. The Morgan fingerprint density at radius 1 is 1.44 bits per heavy atom. The Morgan fingerprint density at radius 2 is 2.16 bits per heavy atom. The zero-order chi connectivity index (χ0) is 18.6. The lowest BCUT2D eigenvalue weighted by Gasteiger charge is -2.34. The number of hydrogen-bond donors (Lipinski definition) is 0. The van der Waals surface area contributed by atoms with Crippen LogP contribution in [0.25, 0.3) is 0 Å². The van der Waals surface area contributed by atoms with E-state index in [0.29, 0.717) is 31.7 Å². The highest BCUT2D eigenvalue weighted by Crippen LogP contribution is 2.27. The van der Waals surface area contributed by atoms with E-state index in [1.54, 1.807) is 37.8 Å². The van der Waals surface area contributed by atoms with Crippen LogP contribution in [0, 0.1) is 0 Å². The van der Waals surface area contributed by atoms with Crippen LogP contribution in [0.3, 0.4) is 0 Å². The number of morpholine rings is 1. The molecule has 1 unspecified atom stereocenters. The van der Waals surface area contributed by atoms with Gasteiger partial charge < -0.3 is 19.1 Å². The molecule has 8 heteroatoms. The van der Waals surface area contributed by atoms with Crippen molar-refractivity contribution in [1.82, 2.24) is 4.90 Å². The number of rotatable bonds is 4. The van der Waals surface area contributed by atoms with Gasteiger partial charge in [0.1, 0.15) is 11.4 Å². The number of amides is 1. The Kier molecular flexibility index (Phi) is 6.62. The molecular weight excluding hydrogens is 400 g/mol. The fourth-order valence-corrected chi connectivity index (χ4v) is 2.91. The summed E-state index contributed by atoms with van der Waals surface area (Å²) in [5.41, 5.74) is 0.0127. The summed E-state index contributed by atoms with van der Waals surface area (Å²) < 4.78 is 41.5. The van der Waals surface area contributed by atoms with E-state index in [-0.39, 0.29) is 11.9 Å². The first-order valence-corrected chi connectivity index (χ1v) is 8.76. The molecule has 0 bridgehead atoms. The number of nitrogens with zero attached hydrogens (tertiary/aromatic N) is 1. The van der Waals surface area contributed by atoms with Crippen LogP contribution >= 0.6 is 15.9 Å². The van der Waals surface area contributed by atoms with Crippen molar-refractivity contribution in [3.8, 4) is 5.75 Å². The molecule has 1 saturated heterocycles. The van der Waals surface area contributed by atoms with Crippen molar-refractivity contribution >= 4 is 22.0 Å². The van der Waals surface area contributed by atoms with Crippen LogP contribution in [0.4, 0.5) is 13.6 Å². The Morgan fingerprint density at radius 3 is 2.80 bits per heavy atom. The maximum Gasteiger partial charge on any atom is 0.410 e. The average Bonchev–Trinajstić information content (AvgIpc) is 2.48. The first kappa shape index (κ1) is 19.9. The molecule has 0 saturated carbocycles. The van der Waals surface area contributed by atoms with Gasteiger partial charge in [0, 0.05) is 17.4 Å². The van der Waals surface area contributed by atoms with Gasteiger partial charge in [0.05, 0.1) is 19.3 Å². The van der Waals surface area contributed by atoms with Gasteiger partial charge in [-0.15, -0.1) is 0 Å². The van der Waals surface area contributed by atoms with Gasteiger partial charge in [-0.05, 0) is 44.5 Å². The second-order valence-corrected chi connectivity index (χ2v) is 7.67. The summed E-state index contributed by atoms with van der Waals surface area (Å²) >= 11 is 3.33. The van der Waals surface area contributed by atoms with E-state index in [4.69, 9.17) is 9.47 Å². The Labute approximate surface area is 154 Å². The molecule has 0 spiro atoms. The highest BCUT2D eigenvalue weighted by Gasteiger charge is 2.29. The van der Waals surface area contributed by atoms with Gasteiger partial charge in [0.25, 0.3) is 0 Å². The average molecular weight is 422 g/mol. The molecule has 0 aromatic heterocycles. The van der Waals surface area contributed by atoms with Crippen molar-refractivity contribution in [2.45, 2.75) is 45.5 Å². The van der Waals surface area contributed by atoms with E-state index in [1.165, 1.54) is 6.07 Å². The third-order valence-corrected chi connectivity index (χ3v) is 3.97. The van der Waals surface area contributed by atoms with Crippen LogP contribution < -0.4 is 4.74 Å². The lowest BCUT2D eigenvalue weighted by Crippen LogP contribution is -2.48. The van der Waals surface area contributed by atoms with Crippen LogP contribution in [-0.2, 0) is 15.9 Å². The van der Waals surface area contributed by atoms with Crippen molar-refractivity contribution < 1.29 is 27.8 Å². The van der Waals surface area contributed by atoms with E-state index in [2.05, 4.69) is 20.7 Å². The zero-order valence-corrected chi connectivity index (χ0v) is 16.0. The maximum absolute atomic E-state index is 12.6. The van der Waals surface area contributed by atoms with Gasteiger partial charge in [0.2, 0.25) is 0 Å². The fourth-order valence-electron chi connectivity index (χ4n) is 2.50. The summed E-state index contributed by atoms with van der Waals surface area (Å²) in [5, 5.41) is 0. The Bertz CT molecular complexity index is 607. The summed E-state index contributed by atoms with van der Waals surface area (Å²) in [6.07, 6.45) is -0.379. The molecule has 0 N–H and O–H groups in total. The number of ether oxygens (including phenoxy) is 3. The van der Waals surface area contributed by atoms with Crippen LogP contribution in [0.15, 0.2) is 22.7 Å². The minimum absolute atomic E-state index is 0.108. The minimum atomic E-state index is -2.90. The van der Waals surface area contributed by atoms with Gasteiger partial charge in [-0.25, -0.2) is 4.79 Å². The predicted molar refractivity (Wildman–Crippen MR) is 92.0 cm³/mol. The van der Waals surface area contributed by atoms with Gasteiger partial charge in [-0.2, -0.15) is 8.78 Å². The molecule has 2 rings (SSSR count). The topological polar surface area (TPSA) is 48.0 Å². The summed E-state index contributed by atoms with van der Waals surface area (Å²) in [7, 11) is 0. The van der Waals surface area contributed by atoms with Crippen molar-refractivity contribution in [3.05, 3.63) is 28.2 Å². The second kappa shape index (κ2) is 8.31. The standard InChI is InChI=1S/C17H22BrF2NO4/c1-17(2,3)25-16(22)21-6-7-23-13(10-21)9-11-8-12(18)4-5-14(11)24-15(19)20/h4-5,8,13,15H,6-7,9-10H2,1-3H3. The molecule has 1 fully saturated rings. The minimum Gasteiger partial charge on any atom is -0.444 e. The van der Waals surface area contributed by atoms with E-state index < -0.39 is 18.3 Å². The van der Waals surface area contributed by atoms with E-state index in [1.807, 2.05) is 0 Å². The summed E-state index contributed by atoms with van der Waals surface area (Å²) in [6, 6.07) is 4.84. The smallest absolute Gasteiger partial charge is 0.410 e. The molecule has 1 atom stereocenters. The third kappa shape index (κ3) is 6.43. The lowest BCUT2D eigenvalue weighted by molar-refractivity contribution is -0.0530. The van der Waals surface area contributed by atoms with Crippen molar-refractivity contribution in [1.29, 1.82) is 0 Å². The van der Waals surface area contributed by atoms with Crippen molar-refractivity contribution in [2.24, 2.45) is 0 Å². The van der Waals surface area contributed by atoms with E-state index >= 15 is 0 Å². The van der Waals surface area contributed by atoms with Crippen LogP contribution in [0.2, 0.25) is 0 Å². The molecular formula is C17H22BrF2NO4. The molecule has 1 heterocycles. The van der Waals surface area contributed by atoms with Crippen LogP contribution in [-0.4, -0.2) is 49.0 Å². The van der Waals surface area contributed by atoms with Gasteiger partial charge in [0.15, 0.2) is 0 Å². The predicted octanol–water partition coefficient (Wildman–Crippen LogP) is 4.23. The van der Waals surface area contributed by atoms with Gasteiger partial charge in [-0.1, -0.05) is 15.9 Å². The molecule has 1 aromatic carbocycles. The van der Waals surface area contributed by atoms with Crippen LogP contribution in [0.5, 0.6) is 5.75 Å². The summed E-state index contributed by atoms with van der Waals surface area (Å²) in [6.45, 7) is 3.64. The highest BCUT2D eigenvalue weighted by molar-refractivity contribution is 9.10. The third-order valence-electron chi connectivity index (χ3n) is 3.48. The fraction of sp³-hybridized carbons (Fsp3) is 0.588. The molecule has 1 amide bonds. The number of benzene rings is 1.